The summed E-state index contributed by atoms with van der Waals surface area (Å²) in [7, 11) is 3.67. The van der Waals surface area contributed by atoms with Gasteiger partial charge in [-0.25, -0.2) is 13.2 Å². The lowest BCUT2D eigenvalue weighted by molar-refractivity contribution is -0.145. The minimum absolute atomic E-state index is 0.00583. The van der Waals surface area contributed by atoms with E-state index in [2.05, 4.69) is 10.6 Å². The quantitative estimate of drug-likeness (QED) is 0.228. The zero-order valence-electron chi connectivity index (χ0n) is 29.4. The number of aliphatic carboxylic acids is 1. The molecular formula is C41H52ClF3N2O3. The molecule has 50 heavy (non-hydrogen) atoms. The van der Waals surface area contributed by atoms with Gasteiger partial charge in [0.2, 0.25) is 5.91 Å². The Morgan fingerprint density at radius 2 is 1.08 bits per heavy atom. The van der Waals surface area contributed by atoms with Gasteiger partial charge in [0.1, 0.15) is 17.5 Å². The van der Waals surface area contributed by atoms with Crippen LogP contribution in [0.5, 0.6) is 0 Å². The number of benzene rings is 3. The van der Waals surface area contributed by atoms with Crippen molar-refractivity contribution in [1.82, 2.24) is 10.6 Å². The fraction of sp³-hybridized carbons (Fsp3) is 0.512. The SMILES string of the molecule is CNC(=O)C1(c2ccc(F)cc2)CCCCC1.CNCC1(c2ccc(F)cc2)CCCCC1.O=C(O)C1(c2ccc(F)c(Cl)c2)CCCCC1. The lowest BCUT2D eigenvalue weighted by atomic mass is 9.69. The lowest BCUT2D eigenvalue weighted by Crippen LogP contribution is -2.44. The van der Waals surface area contributed by atoms with E-state index in [1.54, 1.807) is 37.4 Å². The highest BCUT2D eigenvalue weighted by molar-refractivity contribution is 6.30. The zero-order valence-corrected chi connectivity index (χ0v) is 30.2. The number of rotatable bonds is 7. The summed E-state index contributed by atoms with van der Waals surface area (Å²) in [5.41, 5.74) is 1.77. The van der Waals surface area contributed by atoms with Crippen LogP contribution in [0.15, 0.2) is 66.7 Å². The zero-order chi connectivity index (χ0) is 36.2. The molecule has 0 atom stereocenters. The van der Waals surface area contributed by atoms with Gasteiger partial charge in [0.05, 0.1) is 15.9 Å². The maximum absolute atomic E-state index is 13.1. The van der Waals surface area contributed by atoms with Crippen LogP contribution in [0.1, 0.15) is 113 Å². The molecule has 0 saturated heterocycles. The molecule has 0 bridgehead atoms. The van der Waals surface area contributed by atoms with E-state index >= 15 is 0 Å². The Morgan fingerprint density at radius 1 is 0.640 bits per heavy atom. The standard InChI is InChI=1S/C14H18FNO.C14H20FN.C13H14ClFO2/c1-16-13(17)14(9-3-2-4-10-14)11-5-7-12(15)8-6-11;1-16-11-14(9-3-2-4-10-14)12-5-7-13(15)8-6-12;14-10-8-9(4-5-11(10)15)13(12(16)17)6-2-1-3-7-13/h5-8H,2-4,9-10H2,1H3,(H,16,17);5-8,16H,2-4,9-11H2,1H3;4-5,8H,1-3,6-7H2,(H,16,17). The van der Waals surface area contributed by atoms with E-state index in [1.165, 1.54) is 68.4 Å². The number of carbonyl (C=O) groups is 2. The van der Waals surface area contributed by atoms with E-state index in [-0.39, 0.29) is 28.0 Å². The van der Waals surface area contributed by atoms with Crippen LogP contribution in [0.3, 0.4) is 0 Å². The summed E-state index contributed by atoms with van der Waals surface area (Å²) in [5.74, 6) is -1.67. The molecule has 0 radical (unpaired) electrons. The molecule has 3 N–H and O–H groups in total. The molecule has 3 aliphatic rings. The van der Waals surface area contributed by atoms with Crippen LogP contribution in [-0.2, 0) is 25.8 Å². The average Bonchev–Trinajstić information content (AvgIpc) is 3.14. The number of halogens is 4. The molecule has 3 aromatic rings. The van der Waals surface area contributed by atoms with E-state index in [4.69, 9.17) is 11.6 Å². The summed E-state index contributed by atoms with van der Waals surface area (Å²) in [6.45, 7) is 0.999. The van der Waals surface area contributed by atoms with Crippen LogP contribution in [0.25, 0.3) is 0 Å². The van der Waals surface area contributed by atoms with Gasteiger partial charge in [-0.05, 0) is 98.7 Å². The third-order valence-corrected chi connectivity index (χ3v) is 11.4. The van der Waals surface area contributed by atoms with Crippen LogP contribution in [-0.4, -0.2) is 37.6 Å². The summed E-state index contributed by atoms with van der Waals surface area (Å²) in [6, 6.07) is 17.7. The highest BCUT2D eigenvalue weighted by Gasteiger charge is 2.42. The predicted octanol–water partition coefficient (Wildman–Crippen LogP) is 9.79. The second-order valence-corrected chi connectivity index (χ2v) is 14.6. The van der Waals surface area contributed by atoms with Crippen molar-refractivity contribution in [3.8, 4) is 0 Å². The molecule has 5 nitrogen and oxygen atoms in total. The Hall–Kier alpha value is -3.36. The number of hydrogen-bond donors (Lipinski definition) is 3. The second kappa shape index (κ2) is 18.2. The smallest absolute Gasteiger partial charge is 0.314 e. The fourth-order valence-electron chi connectivity index (χ4n) is 8.32. The summed E-state index contributed by atoms with van der Waals surface area (Å²) in [4.78, 5) is 23.7. The van der Waals surface area contributed by atoms with Crippen LogP contribution >= 0.6 is 11.6 Å². The molecule has 3 fully saturated rings. The van der Waals surface area contributed by atoms with Gasteiger partial charge in [0.15, 0.2) is 0 Å². The summed E-state index contributed by atoms with van der Waals surface area (Å²) in [6.07, 6.45) is 15.4. The first-order valence-electron chi connectivity index (χ1n) is 18.1. The minimum Gasteiger partial charge on any atom is -0.481 e. The van der Waals surface area contributed by atoms with E-state index in [0.717, 1.165) is 57.1 Å². The minimum atomic E-state index is -0.879. The topological polar surface area (TPSA) is 78.4 Å². The van der Waals surface area contributed by atoms with Crippen LogP contribution < -0.4 is 10.6 Å². The van der Waals surface area contributed by atoms with E-state index < -0.39 is 22.6 Å². The molecule has 3 aliphatic carbocycles. The van der Waals surface area contributed by atoms with Gasteiger partial charge in [-0.3, -0.25) is 9.59 Å². The Balaban J connectivity index is 0.000000169. The molecule has 9 heteroatoms. The summed E-state index contributed by atoms with van der Waals surface area (Å²) < 4.78 is 39.0. The van der Waals surface area contributed by atoms with Crippen molar-refractivity contribution in [2.24, 2.45) is 0 Å². The van der Waals surface area contributed by atoms with E-state index in [1.807, 2.05) is 19.2 Å². The van der Waals surface area contributed by atoms with Crippen molar-refractivity contribution in [2.45, 2.75) is 113 Å². The first-order chi connectivity index (χ1) is 24.0. The number of carboxylic acid groups (broad SMARTS) is 1. The average molecular weight is 713 g/mol. The van der Waals surface area contributed by atoms with Gasteiger partial charge in [-0.1, -0.05) is 99.7 Å². The normalized spacial score (nSPS) is 19.1. The molecule has 0 heterocycles. The molecule has 6 rings (SSSR count). The monoisotopic (exact) mass is 712 g/mol. The van der Waals surface area contributed by atoms with Gasteiger partial charge in [-0.2, -0.15) is 0 Å². The largest absolute Gasteiger partial charge is 0.481 e. The third kappa shape index (κ3) is 9.29. The number of amides is 1. The third-order valence-electron chi connectivity index (χ3n) is 11.1. The molecule has 0 unspecified atom stereocenters. The molecule has 0 spiro atoms. The van der Waals surface area contributed by atoms with Crippen molar-refractivity contribution in [3.63, 3.8) is 0 Å². The second-order valence-electron chi connectivity index (χ2n) is 14.2. The first-order valence-corrected chi connectivity index (χ1v) is 18.5. The van der Waals surface area contributed by atoms with Gasteiger partial charge in [0, 0.05) is 19.0 Å². The Labute approximate surface area is 300 Å². The number of hydrogen-bond acceptors (Lipinski definition) is 3. The predicted molar refractivity (Wildman–Crippen MR) is 194 cm³/mol. The number of carbonyl (C=O) groups excluding carboxylic acids is 1. The number of carboxylic acids is 1. The van der Waals surface area contributed by atoms with E-state index in [9.17, 15) is 27.9 Å². The molecule has 1 amide bonds. The summed E-state index contributed by atoms with van der Waals surface area (Å²) in [5, 5.41) is 15.5. The van der Waals surface area contributed by atoms with Crippen LogP contribution in [0, 0.1) is 17.5 Å². The van der Waals surface area contributed by atoms with Gasteiger partial charge < -0.3 is 15.7 Å². The molecule has 0 aliphatic heterocycles. The van der Waals surface area contributed by atoms with Gasteiger partial charge in [0.25, 0.3) is 0 Å². The van der Waals surface area contributed by atoms with Gasteiger partial charge in [-0.15, -0.1) is 0 Å². The van der Waals surface area contributed by atoms with Crippen molar-refractivity contribution >= 4 is 23.5 Å². The molecule has 0 aromatic heterocycles. The summed E-state index contributed by atoms with van der Waals surface area (Å²) >= 11 is 5.73. The van der Waals surface area contributed by atoms with Crippen molar-refractivity contribution < 1.29 is 27.9 Å². The van der Waals surface area contributed by atoms with E-state index in [0.29, 0.717) is 18.4 Å². The lowest BCUT2D eigenvalue weighted by Gasteiger charge is -2.38. The fourth-order valence-corrected chi connectivity index (χ4v) is 8.50. The van der Waals surface area contributed by atoms with Crippen molar-refractivity contribution in [2.75, 3.05) is 20.6 Å². The number of likely N-dealkylation sites (N-methyl/N-ethyl adjacent to an activating group) is 2. The highest BCUT2D eigenvalue weighted by atomic mass is 35.5. The van der Waals surface area contributed by atoms with Crippen LogP contribution in [0.2, 0.25) is 5.02 Å². The molecule has 272 valence electrons. The first kappa shape index (κ1) is 39.4. The Bertz CT molecular complexity index is 1520. The van der Waals surface area contributed by atoms with Gasteiger partial charge >= 0.3 is 5.97 Å². The Morgan fingerprint density at radius 3 is 1.52 bits per heavy atom. The Kier molecular flexibility index (Phi) is 14.4. The molecule has 3 saturated carbocycles. The van der Waals surface area contributed by atoms with Crippen LogP contribution in [0.4, 0.5) is 13.2 Å². The number of nitrogens with one attached hydrogen (secondary N) is 2. The highest BCUT2D eigenvalue weighted by Crippen LogP contribution is 2.42. The maximum atomic E-state index is 13.1. The molecule has 3 aromatic carbocycles. The van der Waals surface area contributed by atoms with Crippen molar-refractivity contribution in [3.05, 3.63) is 106 Å². The maximum Gasteiger partial charge on any atom is 0.314 e. The van der Waals surface area contributed by atoms with Crippen molar-refractivity contribution in [1.29, 1.82) is 0 Å². The molecular weight excluding hydrogens is 661 g/mol.